The van der Waals surface area contributed by atoms with Gasteiger partial charge in [-0.05, 0) is 12.8 Å². The Balaban J connectivity index is 2.04. The first kappa shape index (κ1) is 12.2. The van der Waals surface area contributed by atoms with Crippen LogP contribution in [0.3, 0.4) is 0 Å². The van der Waals surface area contributed by atoms with Crippen molar-refractivity contribution in [1.82, 2.24) is 14.8 Å². The molecule has 0 amide bonds. The molecule has 0 unspecified atom stereocenters. The maximum absolute atomic E-state index is 10.6. The maximum Gasteiger partial charge on any atom is 0.331 e. The van der Waals surface area contributed by atoms with E-state index in [-0.39, 0.29) is 5.57 Å². The maximum atomic E-state index is 10.6. The monoisotopic (exact) mass is 253 g/mol. The van der Waals surface area contributed by atoms with E-state index in [0.717, 1.165) is 36.8 Å². The number of hydrogen-bond acceptors (Lipinski definition) is 4. The van der Waals surface area contributed by atoms with Gasteiger partial charge in [0, 0.05) is 24.3 Å². The van der Waals surface area contributed by atoms with E-state index in [0.29, 0.717) is 5.75 Å². The first-order valence-electron chi connectivity index (χ1n) is 5.64. The van der Waals surface area contributed by atoms with Gasteiger partial charge in [0.25, 0.3) is 0 Å². The van der Waals surface area contributed by atoms with Gasteiger partial charge in [-0.2, -0.15) is 0 Å². The van der Waals surface area contributed by atoms with Gasteiger partial charge in [0.05, 0.1) is 0 Å². The van der Waals surface area contributed by atoms with Crippen LogP contribution in [0, 0.1) is 0 Å². The number of carbonyl (C=O) groups is 1. The Morgan fingerprint density at radius 2 is 2.24 bits per heavy atom. The molecule has 2 heterocycles. The lowest BCUT2D eigenvalue weighted by Gasteiger charge is -2.05. The molecule has 2 rings (SSSR count). The van der Waals surface area contributed by atoms with Crippen molar-refractivity contribution >= 4 is 17.7 Å². The molecule has 1 aromatic heterocycles. The summed E-state index contributed by atoms with van der Waals surface area (Å²) in [5, 5.41) is 17.8. The van der Waals surface area contributed by atoms with Gasteiger partial charge in [0.2, 0.25) is 0 Å². The Morgan fingerprint density at radius 1 is 1.41 bits per heavy atom. The number of aromatic nitrogens is 3. The molecular weight excluding hydrogens is 238 g/mol. The second-order valence-corrected chi connectivity index (χ2v) is 5.00. The van der Waals surface area contributed by atoms with E-state index in [1.165, 1.54) is 18.2 Å². The summed E-state index contributed by atoms with van der Waals surface area (Å²) < 4.78 is 2.10. The van der Waals surface area contributed by atoms with Crippen LogP contribution in [0.4, 0.5) is 0 Å². The van der Waals surface area contributed by atoms with E-state index in [9.17, 15) is 4.79 Å². The quantitative estimate of drug-likeness (QED) is 0.654. The summed E-state index contributed by atoms with van der Waals surface area (Å²) >= 11 is 1.40. The molecule has 0 radical (unpaired) electrons. The largest absolute Gasteiger partial charge is 0.478 e. The first-order valence-corrected chi connectivity index (χ1v) is 6.63. The number of carboxylic acid groups (broad SMARTS) is 1. The zero-order valence-corrected chi connectivity index (χ0v) is 10.4. The van der Waals surface area contributed by atoms with Gasteiger partial charge in [-0.1, -0.05) is 24.8 Å². The fourth-order valence-corrected chi connectivity index (χ4v) is 2.66. The van der Waals surface area contributed by atoms with Crippen molar-refractivity contribution in [2.45, 2.75) is 37.4 Å². The van der Waals surface area contributed by atoms with Crippen molar-refractivity contribution in [3.05, 3.63) is 18.0 Å². The van der Waals surface area contributed by atoms with E-state index in [4.69, 9.17) is 5.11 Å². The summed E-state index contributed by atoms with van der Waals surface area (Å²) in [7, 11) is 0. The lowest BCUT2D eigenvalue weighted by atomic mass is 10.2. The van der Waals surface area contributed by atoms with Gasteiger partial charge in [-0.15, -0.1) is 10.2 Å². The molecule has 0 atom stereocenters. The summed E-state index contributed by atoms with van der Waals surface area (Å²) in [6.07, 6.45) is 4.48. The summed E-state index contributed by atoms with van der Waals surface area (Å²) in [6.45, 7) is 4.44. The van der Waals surface area contributed by atoms with Crippen LogP contribution < -0.4 is 0 Å². The number of nitrogens with zero attached hydrogens (tertiary/aromatic N) is 3. The van der Waals surface area contributed by atoms with Gasteiger partial charge in [-0.3, -0.25) is 0 Å². The fourth-order valence-electron chi connectivity index (χ4n) is 1.78. The third-order valence-corrected chi connectivity index (χ3v) is 3.81. The lowest BCUT2D eigenvalue weighted by Crippen LogP contribution is -2.05. The Morgan fingerprint density at radius 3 is 3.00 bits per heavy atom. The van der Waals surface area contributed by atoms with Gasteiger partial charge in [-0.25, -0.2) is 4.79 Å². The Kier molecular flexibility index (Phi) is 3.83. The molecule has 1 aliphatic rings. The molecule has 0 bridgehead atoms. The first-order chi connectivity index (χ1) is 8.18. The van der Waals surface area contributed by atoms with Gasteiger partial charge < -0.3 is 9.67 Å². The van der Waals surface area contributed by atoms with E-state index in [1.54, 1.807) is 0 Å². The summed E-state index contributed by atoms with van der Waals surface area (Å²) in [4.78, 5) is 10.6. The molecule has 0 saturated heterocycles. The highest BCUT2D eigenvalue weighted by Crippen LogP contribution is 2.22. The second-order valence-electron chi connectivity index (χ2n) is 4.06. The number of aryl methyl sites for hydroxylation is 1. The molecule has 0 aromatic carbocycles. The standard InChI is InChI=1S/C11H15N3O2S/c1-8(10(15)16)7-17-11-13-12-9-5-3-2-4-6-14(9)11/h1-7H2,(H,15,16). The van der Waals surface area contributed by atoms with Crippen LogP contribution in [0.5, 0.6) is 0 Å². The highest BCUT2D eigenvalue weighted by molar-refractivity contribution is 7.99. The third kappa shape index (κ3) is 2.88. The minimum absolute atomic E-state index is 0.195. The van der Waals surface area contributed by atoms with Crippen LogP contribution in [-0.4, -0.2) is 31.6 Å². The highest BCUT2D eigenvalue weighted by Gasteiger charge is 2.15. The van der Waals surface area contributed by atoms with Crippen molar-refractivity contribution in [3.8, 4) is 0 Å². The minimum Gasteiger partial charge on any atom is -0.478 e. The van der Waals surface area contributed by atoms with Crippen LogP contribution in [0.2, 0.25) is 0 Å². The number of fused-ring (bicyclic) bond motifs is 1. The number of thioether (sulfide) groups is 1. The fraction of sp³-hybridized carbons (Fsp3) is 0.545. The zero-order valence-electron chi connectivity index (χ0n) is 9.56. The topological polar surface area (TPSA) is 68.0 Å². The van der Waals surface area contributed by atoms with E-state index in [1.807, 2.05) is 0 Å². The normalized spacial score (nSPS) is 15.1. The molecule has 92 valence electrons. The number of rotatable bonds is 4. The number of hydrogen-bond donors (Lipinski definition) is 1. The highest BCUT2D eigenvalue weighted by atomic mass is 32.2. The molecule has 0 aliphatic carbocycles. The molecular formula is C11H15N3O2S. The summed E-state index contributed by atoms with van der Waals surface area (Å²) in [5.41, 5.74) is 0.195. The van der Waals surface area contributed by atoms with Crippen molar-refractivity contribution < 1.29 is 9.90 Å². The van der Waals surface area contributed by atoms with Crippen molar-refractivity contribution in [2.75, 3.05) is 5.75 Å². The lowest BCUT2D eigenvalue weighted by molar-refractivity contribution is -0.132. The summed E-state index contributed by atoms with van der Waals surface area (Å²) in [6, 6.07) is 0. The Bertz CT molecular complexity index is 442. The Hall–Kier alpha value is -1.30. The van der Waals surface area contributed by atoms with Crippen LogP contribution in [0.25, 0.3) is 0 Å². The van der Waals surface area contributed by atoms with E-state index in [2.05, 4.69) is 21.3 Å². The van der Waals surface area contributed by atoms with Crippen LogP contribution in [-0.2, 0) is 17.8 Å². The predicted molar refractivity (Wildman–Crippen MR) is 65.1 cm³/mol. The molecule has 0 spiro atoms. The van der Waals surface area contributed by atoms with Gasteiger partial charge >= 0.3 is 5.97 Å². The van der Waals surface area contributed by atoms with E-state index < -0.39 is 5.97 Å². The second kappa shape index (κ2) is 5.35. The summed E-state index contributed by atoms with van der Waals surface area (Å²) in [5.74, 6) is 0.423. The molecule has 17 heavy (non-hydrogen) atoms. The average Bonchev–Trinajstić information content (AvgIpc) is 2.54. The molecule has 1 aliphatic heterocycles. The van der Waals surface area contributed by atoms with Gasteiger partial charge in [0.1, 0.15) is 5.82 Å². The average molecular weight is 253 g/mol. The number of carboxylic acids is 1. The third-order valence-electron chi connectivity index (χ3n) is 2.75. The molecule has 1 N–H and O–H groups in total. The molecule has 1 aromatic rings. The van der Waals surface area contributed by atoms with Gasteiger partial charge in [0.15, 0.2) is 5.16 Å². The molecule has 5 nitrogen and oxygen atoms in total. The number of aliphatic carboxylic acids is 1. The van der Waals surface area contributed by atoms with Crippen LogP contribution in [0.1, 0.15) is 25.1 Å². The minimum atomic E-state index is -0.951. The molecule has 6 heteroatoms. The van der Waals surface area contributed by atoms with Crippen molar-refractivity contribution in [3.63, 3.8) is 0 Å². The SMILES string of the molecule is C=C(CSc1nnc2n1CCCCC2)C(=O)O. The zero-order chi connectivity index (χ0) is 12.3. The molecule has 0 fully saturated rings. The van der Waals surface area contributed by atoms with E-state index >= 15 is 0 Å². The van der Waals surface area contributed by atoms with Crippen LogP contribution >= 0.6 is 11.8 Å². The van der Waals surface area contributed by atoms with Crippen LogP contribution in [0.15, 0.2) is 17.3 Å². The Labute approximate surface area is 104 Å². The van der Waals surface area contributed by atoms with Crippen molar-refractivity contribution in [1.29, 1.82) is 0 Å². The molecule has 0 saturated carbocycles. The van der Waals surface area contributed by atoms with Crippen molar-refractivity contribution in [2.24, 2.45) is 0 Å². The smallest absolute Gasteiger partial charge is 0.331 e. The predicted octanol–water partition coefficient (Wildman–Crippen LogP) is 1.74.